The lowest BCUT2D eigenvalue weighted by Gasteiger charge is -2.23. The standard InChI is InChI=1S/C26H19FN2O3S2/c1-16-22(25(31)32-15-17-8-3-2-4-9-17)23(20-12-7-13-33-20)29-24(30)21(34-26(29)28-16)14-18-10-5-6-11-19(18)27/h2-14,23H,15H2,1H3/b21-14+/t23-/m1/s1. The molecular weight excluding hydrogens is 471 g/mol. The molecule has 8 heteroatoms. The molecule has 170 valence electrons. The van der Waals surface area contributed by atoms with E-state index in [1.54, 1.807) is 25.1 Å². The van der Waals surface area contributed by atoms with Crippen LogP contribution in [0.1, 0.15) is 29.0 Å². The molecule has 1 aliphatic rings. The van der Waals surface area contributed by atoms with Crippen molar-refractivity contribution in [3.63, 3.8) is 0 Å². The molecule has 0 amide bonds. The van der Waals surface area contributed by atoms with Crippen LogP contribution in [0.2, 0.25) is 0 Å². The topological polar surface area (TPSA) is 60.7 Å². The normalized spacial score (nSPS) is 15.7. The van der Waals surface area contributed by atoms with Crippen LogP contribution in [0.3, 0.4) is 0 Å². The first-order chi connectivity index (χ1) is 16.5. The zero-order valence-electron chi connectivity index (χ0n) is 18.1. The van der Waals surface area contributed by atoms with Crippen molar-refractivity contribution in [2.45, 2.75) is 19.6 Å². The molecule has 0 saturated heterocycles. The summed E-state index contributed by atoms with van der Waals surface area (Å²) in [6.07, 6.45) is 1.53. The molecule has 0 spiro atoms. The van der Waals surface area contributed by atoms with Gasteiger partial charge in [0.05, 0.1) is 15.8 Å². The summed E-state index contributed by atoms with van der Waals surface area (Å²) in [4.78, 5) is 32.6. The van der Waals surface area contributed by atoms with E-state index in [1.165, 1.54) is 39.4 Å². The Bertz CT molecular complexity index is 1570. The van der Waals surface area contributed by atoms with Gasteiger partial charge in [0.15, 0.2) is 4.80 Å². The summed E-state index contributed by atoms with van der Waals surface area (Å²) in [5.41, 5.74) is 1.67. The van der Waals surface area contributed by atoms with Crippen LogP contribution in [0.5, 0.6) is 0 Å². The predicted molar refractivity (Wildman–Crippen MR) is 131 cm³/mol. The number of hydrogen-bond acceptors (Lipinski definition) is 6. The molecule has 0 radical (unpaired) electrons. The summed E-state index contributed by atoms with van der Waals surface area (Å²) in [6, 6.07) is 18.8. The molecule has 0 bridgehead atoms. The van der Waals surface area contributed by atoms with Crippen molar-refractivity contribution < 1.29 is 13.9 Å². The van der Waals surface area contributed by atoms with Crippen LogP contribution in [0.15, 0.2) is 93.2 Å². The zero-order valence-corrected chi connectivity index (χ0v) is 19.7. The number of thiazole rings is 1. The Labute approximate surface area is 202 Å². The lowest BCUT2D eigenvalue weighted by Crippen LogP contribution is -2.39. The Hall–Kier alpha value is -3.62. The van der Waals surface area contributed by atoms with Crippen LogP contribution in [0.4, 0.5) is 4.39 Å². The monoisotopic (exact) mass is 490 g/mol. The molecule has 5 rings (SSSR count). The number of esters is 1. The van der Waals surface area contributed by atoms with Gasteiger partial charge >= 0.3 is 5.97 Å². The van der Waals surface area contributed by atoms with E-state index in [0.29, 0.717) is 26.2 Å². The van der Waals surface area contributed by atoms with Gasteiger partial charge in [0.2, 0.25) is 0 Å². The molecule has 4 aromatic rings. The third kappa shape index (κ3) is 4.18. The largest absolute Gasteiger partial charge is 0.457 e. The van der Waals surface area contributed by atoms with Gasteiger partial charge in [0.25, 0.3) is 5.56 Å². The van der Waals surface area contributed by atoms with Crippen molar-refractivity contribution in [1.29, 1.82) is 0 Å². The maximum absolute atomic E-state index is 14.2. The number of halogens is 1. The Balaban J connectivity index is 1.60. The van der Waals surface area contributed by atoms with Crippen LogP contribution in [0, 0.1) is 5.82 Å². The Morgan fingerprint density at radius 2 is 1.88 bits per heavy atom. The SMILES string of the molecule is CC1=C(C(=O)OCc2ccccc2)[C@@H](c2cccs2)n2c(s/c(=C/c3ccccc3F)c2=O)=N1. The average molecular weight is 491 g/mol. The molecule has 5 nitrogen and oxygen atoms in total. The second kappa shape index (κ2) is 9.32. The number of hydrogen-bond donors (Lipinski definition) is 0. The lowest BCUT2D eigenvalue weighted by atomic mass is 10.0. The van der Waals surface area contributed by atoms with E-state index in [1.807, 2.05) is 47.8 Å². The van der Waals surface area contributed by atoms with Crippen molar-refractivity contribution >= 4 is 34.7 Å². The zero-order chi connectivity index (χ0) is 23.7. The molecule has 2 aromatic carbocycles. The number of benzene rings is 2. The van der Waals surface area contributed by atoms with E-state index in [0.717, 1.165) is 10.4 Å². The predicted octanol–water partition coefficient (Wildman–Crippen LogP) is 4.18. The molecule has 0 N–H and O–H groups in total. The molecule has 1 atom stereocenters. The molecule has 0 fully saturated rings. The highest BCUT2D eigenvalue weighted by atomic mass is 32.1. The average Bonchev–Trinajstić information content (AvgIpc) is 3.47. The van der Waals surface area contributed by atoms with Gasteiger partial charge in [0.1, 0.15) is 18.5 Å². The van der Waals surface area contributed by atoms with Gasteiger partial charge in [-0.3, -0.25) is 9.36 Å². The van der Waals surface area contributed by atoms with Crippen molar-refractivity contribution in [2.75, 3.05) is 0 Å². The smallest absolute Gasteiger partial charge is 0.338 e. The summed E-state index contributed by atoms with van der Waals surface area (Å²) in [6.45, 7) is 1.86. The van der Waals surface area contributed by atoms with Gasteiger partial charge < -0.3 is 4.74 Å². The molecule has 34 heavy (non-hydrogen) atoms. The van der Waals surface area contributed by atoms with Crippen LogP contribution < -0.4 is 14.9 Å². The van der Waals surface area contributed by atoms with Gasteiger partial charge in [-0.15, -0.1) is 11.3 Å². The molecule has 1 aliphatic heterocycles. The first-order valence-corrected chi connectivity index (χ1v) is 12.2. The third-order valence-electron chi connectivity index (χ3n) is 5.46. The first-order valence-electron chi connectivity index (χ1n) is 10.5. The number of fused-ring (bicyclic) bond motifs is 1. The summed E-state index contributed by atoms with van der Waals surface area (Å²) in [7, 11) is 0. The highest BCUT2D eigenvalue weighted by Gasteiger charge is 2.34. The summed E-state index contributed by atoms with van der Waals surface area (Å²) in [5.74, 6) is -0.934. The quantitative estimate of drug-likeness (QED) is 0.395. The Morgan fingerprint density at radius 1 is 1.12 bits per heavy atom. The number of nitrogens with zero attached hydrogens (tertiary/aromatic N) is 2. The molecular formula is C26H19FN2O3S2. The number of allylic oxidation sites excluding steroid dienone is 1. The van der Waals surface area contributed by atoms with Crippen molar-refractivity contribution in [3.8, 4) is 0 Å². The van der Waals surface area contributed by atoms with Gasteiger partial charge in [-0.2, -0.15) is 0 Å². The van der Waals surface area contributed by atoms with Crippen molar-refractivity contribution in [2.24, 2.45) is 4.99 Å². The van der Waals surface area contributed by atoms with Gasteiger partial charge in [-0.05, 0) is 36.1 Å². The lowest BCUT2D eigenvalue weighted by molar-refractivity contribution is -0.140. The van der Waals surface area contributed by atoms with Crippen LogP contribution in [0.25, 0.3) is 6.08 Å². The molecule has 2 aromatic heterocycles. The van der Waals surface area contributed by atoms with Crippen LogP contribution in [-0.4, -0.2) is 10.5 Å². The summed E-state index contributed by atoms with van der Waals surface area (Å²) >= 11 is 2.62. The number of carbonyl (C=O) groups excluding carboxylic acids is 1. The first kappa shape index (κ1) is 22.2. The minimum Gasteiger partial charge on any atom is -0.457 e. The molecule has 3 heterocycles. The maximum Gasteiger partial charge on any atom is 0.338 e. The fourth-order valence-electron chi connectivity index (χ4n) is 3.83. The minimum absolute atomic E-state index is 0.116. The van der Waals surface area contributed by atoms with Gasteiger partial charge in [0, 0.05) is 10.4 Å². The van der Waals surface area contributed by atoms with Gasteiger partial charge in [-0.1, -0.05) is 65.9 Å². The number of rotatable bonds is 5. The number of ether oxygens (including phenoxy) is 1. The van der Waals surface area contributed by atoms with E-state index < -0.39 is 17.8 Å². The fourth-order valence-corrected chi connectivity index (χ4v) is 5.69. The maximum atomic E-state index is 14.2. The van der Waals surface area contributed by atoms with E-state index in [9.17, 15) is 14.0 Å². The molecule has 0 aliphatic carbocycles. The second-order valence-electron chi connectivity index (χ2n) is 7.68. The van der Waals surface area contributed by atoms with E-state index in [2.05, 4.69) is 4.99 Å². The third-order valence-corrected chi connectivity index (χ3v) is 7.37. The number of thiophene rings is 1. The highest BCUT2D eigenvalue weighted by Crippen LogP contribution is 2.33. The fraction of sp³-hybridized carbons (Fsp3) is 0.115. The highest BCUT2D eigenvalue weighted by molar-refractivity contribution is 7.10. The Morgan fingerprint density at radius 3 is 2.62 bits per heavy atom. The van der Waals surface area contributed by atoms with Gasteiger partial charge in [-0.25, -0.2) is 14.2 Å². The van der Waals surface area contributed by atoms with E-state index >= 15 is 0 Å². The van der Waals surface area contributed by atoms with E-state index in [-0.39, 0.29) is 12.2 Å². The molecule has 0 saturated carbocycles. The second-order valence-corrected chi connectivity index (χ2v) is 9.67. The van der Waals surface area contributed by atoms with E-state index in [4.69, 9.17) is 4.74 Å². The molecule has 0 unspecified atom stereocenters. The van der Waals surface area contributed by atoms with Crippen molar-refractivity contribution in [1.82, 2.24) is 4.57 Å². The van der Waals surface area contributed by atoms with Crippen LogP contribution in [-0.2, 0) is 16.1 Å². The van der Waals surface area contributed by atoms with Crippen molar-refractivity contribution in [3.05, 3.63) is 125 Å². The number of carbonyl (C=O) groups is 1. The minimum atomic E-state index is -0.665. The van der Waals surface area contributed by atoms with Crippen LogP contribution >= 0.6 is 22.7 Å². The summed E-state index contributed by atoms with van der Waals surface area (Å²) in [5, 5.41) is 1.90. The number of aromatic nitrogens is 1. The summed E-state index contributed by atoms with van der Waals surface area (Å²) < 4.78 is 21.7. The Kier molecular flexibility index (Phi) is 6.08.